The van der Waals surface area contributed by atoms with Crippen LogP contribution in [0.3, 0.4) is 0 Å². The van der Waals surface area contributed by atoms with Crippen LogP contribution in [0.5, 0.6) is 0 Å². The summed E-state index contributed by atoms with van der Waals surface area (Å²) in [4.78, 5) is 1.38. The molecule has 1 aromatic rings. The molecule has 2 rings (SSSR count). The third kappa shape index (κ3) is 4.23. The van der Waals surface area contributed by atoms with Gasteiger partial charge in [-0.05, 0) is 57.4 Å². The van der Waals surface area contributed by atoms with E-state index in [0.29, 0.717) is 17.4 Å². The molecule has 1 aliphatic rings. The van der Waals surface area contributed by atoms with Gasteiger partial charge in [-0.1, -0.05) is 12.1 Å². The molecule has 1 fully saturated rings. The number of ether oxygens (including phenoxy) is 1. The highest BCUT2D eigenvalue weighted by Gasteiger charge is 2.22. The van der Waals surface area contributed by atoms with Crippen LogP contribution < -0.4 is 5.32 Å². The Kier molecular flexibility index (Phi) is 5.74. The Morgan fingerprint density at radius 3 is 2.63 bits per heavy atom. The molecule has 3 heteroatoms. The fourth-order valence-corrected chi connectivity index (χ4v) is 3.89. The molecule has 0 radical (unpaired) electrons. The smallest absolute Gasteiger partial charge is 0.0582 e. The Balaban J connectivity index is 1.92. The molecule has 1 aromatic carbocycles. The monoisotopic (exact) mass is 279 g/mol. The van der Waals surface area contributed by atoms with Gasteiger partial charge in [-0.3, -0.25) is 0 Å². The number of methoxy groups -OCH3 is 1. The molecule has 106 valence electrons. The molecule has 0 spiro atoms. The lowest BCUT2D eigenvalue weighted by Gasteiger charge is -2.27. The zero-order valence-electron chi connectivity index (χ0n) is 12.2. The molecule has 0 aromatic heterocycles. The van der Waals surface area contributed by atoms with Crippen LogP contribution in [0.4, 0.5) is 0 Å². The van der Waals surface area contributed by atoms with E-state index in [1.807, 2.05) is 25.9 Å². The fourth-order valence-electron chi connectivity index (χ4n) is 2.62. The Morgan fingerprint density at radius 2 is 2.00 bits per heavy atom. The summed E-state index contributed by atoms with van der Waals surface area (Å²) in [5, 5.41) is 3.99. The molecule has 1 N–H and O–H groups in total. The lowest BCUT2D eigenvalue weighted by Crippen LogP contribution is -2.23. The Bertz CT molecular complexity index is 379. The fraction of sp³-hybridized carbons (Fsp3) is 0.625. The van der Waals surface area contributed by atoms with E-state index in [9.17, 15) is 0 Å². The first-order valence-corrected chi connectivity index (χ1v) is 8.07. The van der Waals surface area contributed by atoms with E-state index >= 15 is 0 Å². The summed E-state index contributed by atoms with van der Waals surface area (Å²) in [6, 6.07) is 9.40. The van der Waals surface area contributed by atoms with Gasteiger partial charge < -0.3 is 10.1 Å². The third-order valence-electron chi connectivity index (χ3n) is 4.03. The van der Waals surface area contributed by atoms with Gasteiger partial charge in [0.1, 0.15) is 0 Å². The number of hydrogen-bond acceptors (Lipinski definition) is 3. The maximum absolute atomic E-state index is 5.50. The van der Waals surface area contributed by atoms with Gasteiger partial charge in [-0.15, -0.1) is 11.8 Å². The quantitative estimate of drug-likeness (QED) is 0.879. The predicted octanol–water partition coefficient (Wildman–Crippen LogP) is 4.02. The normalized spacial score (nSPS) is 25.2. The lowest BCUT2D eigenvalue weighted by molar-refractivity contribution is 0.0730. The molecule has 2 nitrogen and oxygen atoms in total. The molecule has 0 saturated heterocycles. The van der Waals surface area contributed by atoms with Gasteiger partial charge in [0.2, 0.25) is 0 Å². The lowest BCUT2D eigenvalue weighted by atomic mass is 9.97. The highest BCUT2D eigenvalue weighted by Crippen LogP contribution is 2.34. The SMILES string of the molecule is CNC(C)c1ccc(SC2CCCC(OC)C2)cc1. The van der Waals surface area contributed by atoms with E-state index in [-0.39, 0.29) is 0 Å². The Morgan fingerprint density at radius 1 is 1.26 bits per heavy atom. The van der Waals surface area contributed by atoms with Crippen molar-refractivity contribution >= 4 is 11.8 Å². The van der Waals surface area contributed by atoms with Gasteiger partial charge in [0.15, 0.2) is 0 Å². The number of benzene rings is 1. The number of hydrogen-bond donors (Lipinski definition) is 1. The van der Waals surface area contributed by atoms with E-state index in [1.165, 1.54) is 36.1 Å². The summed E-state index contributed by atoms with van der Waals surface area (Å²) in [7, 11) is 3.84. The topological polar surface area (TPSA) is 21.3 Å². The van der Waals surface area contributed by atoms with Crippen LogP contribution in [0, 0.1) is 0 Å². The average Bonchev–Trinajstić information content (AvgIpc) is 2.47. The van der Waals surface area contributed by atoms with Crippen molar-refractivity contribution in [1.82, 2.24) is 5.32 Å². The van der Waals surface area contributed by atoms with Crippen molar-refractivity contribution < 1.29 is 4.74 Å². The minimum Gasteiger partial charge on any atom is -0.381 e. The van der Waals surface area contributed by atoms with Crippen LogP contribution in [-0.2, 0) is 4.74 Å². The predicted molar refractivity (Wildman–Crippen MR) is 82.8 cm³/mol. The first-order valence-electron chi connectivity index (χ1n) is 7.19. The molecule has 0 aliphatic heterocycles. The number of thioether (sulfide) groups is 1. The first kappa shape index (κ1) is 14.9. The van der Waals surface area contributed by atoms with Crippen LogP contribution in [0.2, 0.25) is 0 Å². The number of nitrogens with one attached hydrogen (secondary N) is 1. The van der Waals surface area contributed by atoms with E-state index < -0.39 is 0 Å². The minimum absolute atomic E-state index is 0.423. The van der Waals surface area contributed by atoms with Crippen LogP contribution in [0.15, 0.2) is 29.2 Å². The van der Waals surface area contributed by atoms with E-state index in [0.717, 1.165) is 0 Å². The second-order valence-electron chi connectivity index (χ2n) is 5.34. The molecule has 1 saturated carbocycles. The van der Waals surface area contributed by atoms with Gasteiger partial charge in [0, 0.05) is 23.3 Å². The van der Waals surface area contributed by atoms with Crippen LogP contribution >= 0.6 is 11.8 Å². The van der Waals surface area contributed by atoms with Gasteiger partial charge in [-0.25, -0.2) is 0 Å². The minimum atomic E-state index is 0.423. The van der Waals surface area contributed by atoms with E-state index in [1.54, 1.807) is 0 Å². The summed E-state index contributed by atoms with van der Waals surface area (Å²) in [5.74, 6) is 0. The summed E-state index contributed by atoms with van der Waals surface area (Å²) in [5.41, 5.74) is 1.35. The zero-order chi connectivity index (χ0) is 13.7. The molecule has 19 heavy (non-hydrogen) atoms. The largest absolute Gasteiger partial charge is 0.381 e. The van der Waals surface area contributed by atoms with Crippen LogP contribution in [-0.4, -0.2) is 25.5 Å². The second kappa shape index (κ2) is 7.32. The second-order valence-corrected chi connectivity index (χ2v) is 6.72. The molecule has 3 unspecified atom stereocenters. The standard InChI is InChI=1S/C16H25NOS/c1-12(17-2)13-7-9-15(10-8-13)19-16-6-4-5-14(11-16)18-3/h7-10,12,14,16-17H,4-6,11H2,1-3H3. The van der Waals surface area contributed by atoms with Gasteiger partial charge in [0.05, 0.1) is 6.10 Å². The zero-order valence-corrected chi connectivity index (χ0v) is 13.0. The van der Waals surface area contributed by atoms with Gasteiger partial charge in [0.25, 0.3) is 0 Å². The summed E-state index contributed by atoms with van der Waals surface area (Å²) in [6.07, 6.45) is 5.50. The van der Waals surface area contributed by atoms with Crippen molar-refractivity contribution in [2.24, 2.45) is 0 Å². The van der Waals surface area contributed by atoms with Crippen molar-refractivity contribution in [1.29, 1.82) is 0 Å². The van der Waals surface area contributed by atoms with E-state index in [4.69, 9.17) is 4.74 Å². The Hall–Kier alpha value is -0.510. The van der Waals surface area contributed by atoms with Crippen LogP contribution in [0.25, 0.3) is 0 Å². The maximum Gasteiger partial charge on any atom is 0.0582 e. The van der Waals surface area contributed by atoms with Crippen molar-refractivity contribution in [2.75, 3.05) is 14.2 Å². The molecular weight excluding hydrogens is 254 g/mol. The highest BCUT2D eigenvalue weighted by molar-refractivity contribution is 8.00. The van der Waals surface area contributed by atoms with Gasteiger partial charge >= 0.3 is 0 Å². The molecule has 3 atom stereocenters. The van der Waals surface area contributed by atoms with Crippen LogP contribution in [0.1, 0.15) is 44.2 Å². The molecular formula is C16H25NOS. The summed E-state index contributed by atoms with van der Waals surface area (Å²) >= 11 is 2.01. The summed E-state index contributed by atoms with van der Waals surface area (Å²) < 4.78 is 5.50. The molecule has 1 aliphatic carbocycles. The van der Waals surface area contributed by atoms with Crippen molar-refractivity contribution in [3.8, 4) is 0 Å². The summed E-state index contributed by atoms with van der Waals surface area (Å²) in [6.45, 7) is 2.19. The van der Waals surface area contributed by atoms with Gasteiger partial charge in [-0.2, -0.15) is 0 Å². The van der Waals surface area contributed by atoms with Crippen molar-refractivity contribution in [3.63, 3.8) is 0 Å². The molecule has 0 bridgehead atoms. The van der Waals surface area contributed by atoms with Crippen molar-refractivity contribution in [3.05, 3.63) is 29.8 Å². The third-order valence-corrected chi connectivity index (χ3v) is 5.33. The number of rotatable bonds is 5. The average molecular weight is 279 g/mol. The van der Waals surface area contributed by atoms with E-state index in [2.05, 4.69) is 36.5 Å². The molecule has 0 heterocycles. The molecule has 0 amide bonds. The van der Waals surface area contributed by atoms with Crippen molar-refractivity contribution in [2.45, 2.75) is 54.9 Å². The first-order chi connectivity index (χ1) is 9.22. The highest BCUT2D eigenvalue weighted by atomic mass is 32.2. The maximum atomic E-state index is 5.50. The Labute approximate surface area is 121 Å².